The number of aryl methyl sites for hydroxylation is 1. The molecule has 0 aromatic heterocycles. The average Bonchev–Trinajstić information content (AvgIpc) is 3.05. The van der Waals surface area contributed by atoms with Gasteiger partial charge in [0.25, 0.3) is 0 Å². The molecule has 0 aliphatic carbocycles. The summed E-state index contributed by atoms with van der Waals surface area (Å²) in [6.45, 7) is 4.62. The number of aliphatic carboxylic acids is 1. The molecule has 30 heavy (non-hydrogen) atoms. The van der Waals surface area contributed by atoms with Crippen LogP contribution in [0.2, 0.25) is 0 Å². The molecule has 0 atom stereocenters. The summed E-state index contributed by atoms with van der Waals surface area (Å²) < 4.78 is 12.3. The van der Waals surface area contributed by atoms with E-state index in [4.69, 9.17) is 14.6 Å². The largest absolute Gasteiger partial charge is 0.489 e. The van der Waals surface area contributed by atoms with Gasteiger partial charge in [-0.25, -0.2) is 0 Å². The molecular weight excluding hydrogens is 376 g/mol. The highest BCUT2D eigenvalue weighted by Crippen LogP contribution is 2.41. The number of carboxylic acids is 1. The number of hydrogen-bond donors (Lipinski definition) is 1. The van der Waals surface area contributed by atoms with Crippen molar-refractivity contribution < 1.29 is 19.4 Å². The van der Waals surface area contributed by atoms with E-state index in [0.717, 1.165) is 29.0 Å². The van der Waals surface area contributed by atoms with E-state index in [1.54, 1.807) is 0 Å². The standard InChI is InChI=1S/C26H26O4/c1-26(2)16-21-14-20(19-6-4-3-5-7-19)15-22(25(21)30-26)17-29-23-11-8-18(9-12-23)10-13-24(27)28/h3-9,11-12,14-15H,10,13,16-17H2,1-2H3,(H,27,28). The fourth-order valence-corrected chi connectivity index (χ4v) is 3.86. The highest BCUT2D eigenvalue weighted by Gasteiger charge is 2.32. The Bertz CT molecular complexity index is 1040. The van der Waals surface area contributed by atoms with Crippen molar-refractivity contribution in [1.29, 1.82) is 0 Å². The zero-order valence-corrected chi connectivity index (χ0v) is 17.4. The van der Waals surface area contributed by atoms with Crippen LogP contribution < -0.4 is 9.47 Å². The van der Waals surface area contributed by atoms with Gasteiger partial charge in [-0.1, -0.05) is 42.5 Å². The Balaban J connectivity index is 1.55. The second-order valence-electron chi connectivity index (χ2n) is 8.35. The Hall–Kier alpha value is -3.27. The van der Waals surface area contributed by atoms with E-state index >= 15 is 0 Å². The van der Waals surface area contributed by atoms with Gasteiger partial charge in [-0.05, 0) is 66.8 Å². The van der Waals surface area contributed by atoms with Crippen LogP contribution in [-0.4, -0.2) is 16.7 Å². The lowest BCUT2D eigenvalue weighted by atomic mass is 9.95. The number of ether oxygens (including phenoxy) is 2. The van der Waals surface area contributed by atoms with Gasteiger partial charge in [-0.15, -0.1) is 0 Å². The van der Waals surface area contributed by atoms with Crippen LogP contribution in [0.1, 0.15) is 37.0 Å². The van der Waals surface area contributed by atoms with Crippen LogP contribution in [0.5, 0.6) is 11.5 Å². The Morgan fingerprint density at radius 3 is 2.47 bits per heavy atom. The van der Waals surface area contributed by atoms with Crippen molar-refractivity contribution >= 4 is 5.97 Å². The van der Waals surface area contributed by atoms with Crippen LogP contribution >= 0.6 is 0 Å². The van der Waals surface area contributed by atoms with Crippen molar-refractivity contribution in [2.45, 2.75) is 45.3 Å². The highest BCUT2D eigenvalue weighted by molar-refractivity contribution is 5.68. The molecule has 0 saturated carbocycles. The fraction of sp³-hybridized carbons (Fsp3) is 0.269. The van der Waals surface area contributed by atoms with Gasteiger partial charge in [-0.3, -0.25) is 4.79 Å². The number of carbonyl (C=O) groups is 1. The maximum Gasteiger partial charge on any atom is 0.303 e. The summed E-state index contributed by atoms with van der Waals surface area (Å²) in [7, 11) is 0. The van der Waals surface area contributed by atoms with Crippen molar-refractivity contribution in [2.75, 3.05) is 0 Å². The predicted octanol–water partition coefficient (Wildman–Crippen LogP) is 5.66. The summed E-state index contributed by atoms with van der Waals surface area (Å²) in [6.07, 6.45) is 1.52. The number of rotatable bonds is 7. The third-order valence-corrected chi connectivity index (χ3v) is 5.29. The van der Waals surface area contributed by atoms with E-state index in [1.807, 2.05) is 42.5 Å². The SMILES string of the molecule is CC1(C)Cc2cc(-c3ccccc3)cc(COc3ccc(CCC(=O)O)cc3)c2O1. The van der Waals surface area contributed by atoms with E-state index in [9.17, 15) is 4.79 Å². The molecule has 1 aliphatic rings. The molecule has 3 aromatic rings. The first-order valence-electron chi connectivity index (χ1n) is 10.2. The average molecular weight is 402 g/mol. The molecular formula is C26H26O4. The summed E-state index contributed by atoms with van der Waals surface area (Å²) in [5, 5.41) is 8.82. The first-order chi connectivity index (χ1) is 14.4. The number of carboxylic acid groups (broad SMARTS) is 1. The monoisotopic (exact) mass is 402 g/mol. The second-order valence-corrected chi connectivity index (χ2v) is 8.35. The van der Waals surface area contributed by atoms with Gasteiger partial charge in [0.05, 0.1) is 0 Å². The lowest BCUT2D eigenvalue weighted by Crippen LogP contribution is -2.25. The third kappa shape index (κ3) is 4.65. The van der Waals surface area contributed by atoms with Gasteiger partial charge in [-0.2, -0.15) is 0 Å². The molecule has 3 aromatic carbocycles. The Labute approximate surface area is 177 Å². The summed E-state index contributed by atoms with van der Waals surface area (Å²) in [6, 6.07) is 22.3. The van der Waals surface area contributed by atoms with Gasteiger partial charge in [0.1, 0.15) is 23.7 Å². The van der Waals surface area contributed by atoms with Crippen LogP contribution in [-0.2, 0) is 24.2 Å². The molecule has 4 heteroatoms. The summed E-state index contributed by atoms with van der Waals surface area (Å²) >= 11 is 0. The van der Waals surface area contributed by atoms with Crippen LogP contribution in [0.3, 0.4) is 0 Å². The quantitative estimate of drug-likeness (QED) is 0.554. The first kappa shape index (κ1) is 20.0. The Morgan fingerprint density at radius 1 is 1.03 bits per heavy atom. The second kappa shape index (κ2) is 8.23. The van der Waals surface area contributed by atoms with Gasteiger partial charge < -0.3 is 14.6 Å². The van der Waals surface area contributed by atoms with E-state index in [-0.39, 0.29) is 12.0 Å². The molecule has 0 saturated heterocycles. The molecule has 0 amide bonds. The van der Waals surface area contributed by atoms with Gasteiger partial charge >= 0.3 is 5.97 Å². The van der Waals surface area contributed by atoms with Crippen LogP contribution in [0, 0.1) is 0 Å². The maximum atomic E-state index is 10.7. The molecule has 1 heterocycles. The molecule has 0 spiro atoms. The molecule has 0 fully saturated rings. The van der Waals surface area contributed by atoms with Crippen LogP contribution in [0.15, 0.2) is 66.7 Å². The van der Waals surface area contributed by atoms with Crippen molar-refractivity contribution in [1.82, 2.24) is 0 Å². The first-order valence-corrected chi connectivity index (χ1v) is 10.2. The summed E-state index contributed by atoms with van der Waals surface area (Å²) in [5.74, 6) is 0.897. The molecule has 0 unspecified atom stereocenters. The lowest BCUT2D eigenvalue weighted by Gasteiger charge is -2.18. The third-order valence-electron chi connectivity index (χ3n) is 5.29. The summed E-state index contributed by atoms with van der Waals surface area (Å²) in [5.41, 5.74) is 5.35. The molecule has 4 rings (SSSR count). The fourth-order valence-electron chi connectivity index (χ4n) is 3.86. The Morgan fingerprint density at radius 2 is 1.77 bits per heavy atom. The van der Waals surface area contributed by atoms with Gasteiger partial charge in [0, 0.05) is 18.4 Å². The minimum absolute atomic E-state index is 0.131. The van der Waals surface area contributed by atoms with E-state index in [0.29, 0.717) is 13.0 Å². The number of hydrogen-bond acceptors (Lipinski definition) is 3. The van der Waals surface area contributed by atoms with E-state index in [2.05, 4.69) is 38.1 Å². The molecule has 0 bridgehead atoms. The molecule has 0 radical (unpaired) electrons. The summed E-state index contributed by atoms with van der Waals surface area (Å²) in [4.78, 5) is 10.7. The lowest BCUT2D eigenvalue weighted by molar-refractivity contribution is -0.136. The van der Waals surface area contributed by atoms with Gasteiger partial charge in [0.2, 0.25) is 0 Å². The maximum absolute atomic E-state index is 10.7. The highest BCUT2D eigenvalue weighted by atomic mass is 16.5. The topological polar surface area (TPSA) is 55.8 Å². The molecule has 4 nitrogen and oxygen atoms in total. The zero-order valence-electron chi connectivity index (χ0n) is 17.4. The normalized spacial score (nSPS) is 14.1. The molecule has 1 aliphatic heterocycles. The Kier molecular flexibility index (Phi) is 5.49. The van der Waals surface area contributed by atoms with Crippen molar-refractivity contribution in [3.63, 3.8) is 0 Å². The van der Waals surface area contributed by atoms with Gasteiger partial charge in [0.15, 0.2) is 0 Å². The van der Waals surface area contributed by atoms with Crippen molar-refractivity contribution in [3.05, 3.63) is 83.4 Å². The van der Waals surface area contributed by atoms with Crippen molar-refractivity contribution in [3.8, 4) is 22.6 Å². The van der Waals surface area contributed by atoms with Crippen LogP contribution in [0.25, 0.3) is 11.1 Å². The number of fused-ring (bicyclic) bond motifs is 1. The minimum atomic E-state index is -0.787. The smallest absolute Gasteiger partial charge is 0.303 e. The van der Waals surface area contributed by atoms with Crippen molar-refractivity contribution in [2.24, 2.45) is 0 Å². The zero-order chi connectivity index (χ0) is 21.1. The molecule has 1 N–H and O–H groups in total. The van der Waals surface area contributed by atoms with E-state index in [1.165, 1.54) is 16.7 Å². The predicted molar refractivity (Wildman–Crippen MR) is 117 cm³/mol. The minimum Gasteiger partial charge on any atom is -0.489 e. The number of benzene rings is 3. The molecule has 154 valence electrons. The van der Waals surface area contributed by atoms with Crippen LogP contribution in [0.4, 0.5) is 0 Å². The van der Waals surface area contributed by atoms with E-state index < -0.39 is 5.97 Å².